The summed E-state index contributed by atoms with van der Waals surface area (Å²) < 4.78 is 5.03. The first-order valence-corrected chi connectivity index (χ1v) is 3.43. The maximum Gasteiger partial charge on any atom is 0.151 e. The fraction of sp³-hybridized carbons (Fsp3) is 0.556. The van der Waals surface area contributed by atoms with Crippen LogP contribution in [0.15, 0.2) is 12.7 Å². The third kappa shape index (κ3) is 2.75. The Labute approximate surface area is 67.9 Å². The van der Waals surface area contributed by atoms with Crippen molar-refractivity contribution in [3.63, 3.8) is 0 Å². The molecule has 0 aromatic rings. The molecule has 0 aromatic heterocycles. The first kappa shape index (κ1) is 10.2. The molecule has 0 aliphatic carbocycles. The first-order valence-electron chi connectivity index (χ1n) is 3.43. The molecule has 2 unspecified atom stereocenters. The van der Waals surface area contributed by atoms with Crippen molar-refractivity contribution >= 4 is 0 Å². The number of aliphatic hydroxyl groups excluding tert-OH is 1. The van der Waals surface area contributed by atoms with Crippen molar-refractivity contribution in [2.75, 3.05) is 7.11 Å². The molecule has 0 aromatic carbocycles. The van der Waals surface area contributed by atoms with Gasteiger partial charge in [-0.2, -0.15) is 0 Å². The highest BCUT2D eigenvalue weighted by molar-refractivity contribution is 5.21. The van der Waals surface area contributed by atoms with Crippen LogP contribution >= 0.6 is 0 Å². The molecule has 0 amide bonds. The lowest BCUT2D eigenvalue weighted by Gasteiger charge is -2.24. The highest BCUT2D eigenvalue weighted by atomic mass is 16.5. The molecule has 0 fully saturated rings. The summed E-state index contributed by atoms with van der Waals surface area (Å²) in [6.07, 6.45) is 0.861. The lowest BCUT2D eigenvalue weighted by molar-refractivity contribution is -0.0405. The molecule has 2 atom stereocenters. The summed E-state index contributed by atoms with van der Waals surface area (Å²) in [5, 5.41) is 9.24. The second-order valence-corrected chi connectivity index (χ2v) is 2.46. The van der Waals surface area contributed by atoms with Crippen molar-refractivity contribution in [2.45, 2.75) is 25.6 Å². The molecule has 1 N–H and O–H groups in total. The van der Waals surface area contributed by atoms with Crippen LogP contribution in [0.4, 0.5) is 0 Å². The highest BCUT2D eigenvalue weighted by Gasteiger charge is 2.26. The van der Waals surface area contributed by atoms with Gasteiger partial charge in [0.1, 0.15) is 0 Å². The fourth-order valence-electron chi connectivity index (χ4n) is 0.520. The average Bonchev–Trinajstić information content (AvgIpc) is 2.00. The van der Waals surface area contributed by atoms with E-state index in [9.17, 15) is 5.11 Å². The Morgan fingerprint density at radius 2 is 2.27 bits per heavy atom. The van der Waals surface area contributed by atoms with Crippen LogP contribution in [0.1, 0.15) is 13.8 Å². The van der Waals surface area contributed by atoms with Gasteiger partial charge in [0.25, 0.3) is 0 Å². The summed E-state index contributed by atoms with van der Waals surface area (Å²) in [5.74, 6) is 5.40. The van der Waals surface area contributed by atoms with Gasteiger partial charge in [0.05, 0.1) is 6.10 Å². The molecule has 11 heavy (non-hydrogen) atoms. The molecular weight excluding hydrogens is 140 g/mol. The normalized spacial score (nSPS) is 17.5. The molecule has 0 bridgehead atoms. The van der Waals surface area contributed by atoms with Gasteiger partial charge in [0, 0.05) is 7.11 Å². The van der Waals surface area contributed by atoms with Crippen molar-refractivity contribution in [1.82, 2.24) is 0 Å². The SMILES string of the molecule is C=CC#CC(C)(OC)C(C)O. The van der Waals surface area contributed by atoms with Crippen LogP contribution in [0.5, 0.6) is 0 Å². The topological polar surface area (TPSA) is 29.5 Å². The highest BCUT2D eigenvalue weighted by Crippen LogP contribution is 2.12. The molecule has 0 spiro atoms. The number of aliphatic hydroxyl groups is 1. The molecule has 0 aliphatic rings. The molecule has 0 saturated carbocycles. The Balaban J connectivity index is 4.46. The summed E-state index contributed by atoms with van der Waals surface area (Å²) in [7, 11) is 1.52. The number of hydrogen-bond donors (Lipinski definition) is 1. The van der Waals surface area contributed by atoms with E-state index in [0.29, 0.717) is 0 Å². The predicted octanol–water partition coefficient (Wildman–Crippen LogP) is 0.962. The van der Waals surface area contributed by atoms with Crippen LogP contribution in [0.2, 0.25) is 0 Å². The van der Waals surface area contributed by atoms with Crippen molar-refractivity contribution in [3.05, 3.63) is 12.7 Å². The van der Waals surface area contributed by atoms with E-state index < -0.39 is 11.7 Å². The van der Waals surface area contributed by atoms with Crippen LogP contribution in [0.25, 0.3) is 0 Å². The molecule has 0 radical (unpaired) electrons. The van der Waals surface area contributed by atoms with E-state index in [4.69, 9.17) is 4.74 Å². The zero-order chi connectivity index (χ0) is 8.91. The minimum atomic E-state index is -0.784. The minimum Gasteiger partial charge on any atom is -0.389 e. The van der Waals surface area contributed by atoms with Gasteiger partial charge in [0.15, 0.2) is 5.60 Å². The Kier molecular flexibility index (Phi) is 3.88. The van der Waals surface area contributed by atoms with E-state index >= 15 is 0 Å². The Morgan fingerprint density at radius 1 is 1.73 bits per heavy atom. The molecule has 0 saturated heterocycles. The van der Waals surface area contributed by atoms with Crippen molar-refractivity contribution < 1.29 is 9.84 Å². The van der Waals surface area contributed by atoms with Gasteiger partial charge in [-0.25, -0.2) is 0 Å². The quantitative estimate of drug-likeness (QED) is 0.600. The van der Waals surface area contributed by atoms with Gasteiger partial charge in [-0.05, 0) is 19.9 Å². The molecular formula is C9H14O2. The average molecular weight is 154 g/mol. The van der Waals surface area contributed by atoms with Gasteiger partial charge in [-0.3, -0.25) is 0 Å². The maximum atomic E-state index is 9.24. The van der Waals surface area contributed by atoms with Gasteiger partial charge in [-0.1, -0.05) is 18.4 Å². The van der Waals surface area contributed by atoms with Crippen LogP contribution in [-0.2, 0) is 4.74 Å². The lowest BCUT2D eigenvalue weighted by atomic mass is 10.0. The van der Waals surface area contributed by atoms with E-state index in [1.54, 1.807) is 13.8 Å². The summed E-state index contributed by atoms with van der Waals surface area (Å²) in [6, 6.07) is 0. The van der Waals surface area contributed by atoms with Crippen molar-refractivity contribution in [3.8, 4) is 11.8 Å². The Morgan fingerprint density at radius 3 is 2.55 bits per heavy atom. The van der Waals surface area contributed by atoms with Crippen molar-refractivity contribution in [1.29, 1.82) is 0 Å². The number of hydrogen-bond acceptors (Lipinski definition) is 2. The van der Waals surface area contributed by atoms with Crippen LogP contribution in [-0.4, -0.2) is 23.9 Å². The molecule has 0 aliphatic heterocycles. The summed E-state index contributed by atoms with van der Waals surface area (Å²) in [6.45, 7) is 6.82. The third-order valence-corrected chi connectivity index (χ3v) is 1.64. The van der Waals surface area contributed by atoms with E-state index in [1.165, 1.54) is 13.2 Å². The standard InChI is InChI=1S/C9H14O2/c1-5-6-7-9(3,11-4)8(2)10/h5,8,10H,1H2,2-4H3. The smallest absolute Gasteiger partial charge is 0.151 e. The van der Waals surface area contributed by atoms with E-state index in [-0.39, 0.29) is 0 Å². The largest absolute Gasteiger partial charge is 0.389 e. The molecule has 0 heterocycles. The molecule has 2 nitrogen and oxygen atoms in total. The minimum absolute atomic E-state index is 0.611. The first-order chi connectivity index (χ1) is 5.06. The summed E-state index contributed by atoms with van der Waals surface area (Å²) in [4.78, 5) is 0. The van der Waals surface area contributed by atoms with Crippen LogP contribution in [0, 0.1) is 11.8 Å². The Bertz CT molecular complexity index is 185. The summed E-state index contributed by atoms with van der Waals surface area (Å²) in [5.41, 5.74) is -0.784. The van der Waals surface area contributed by atoms with E-state index in [0.717, 1.165) is 0 Å². The van der Waals surface area contributed by atoms with Crippen LogP contribution in [0.3, 0.4) is 0 Å². The zero-order valence-corrected chi connectivity index (χ0v) is 7.22. The molecule has 0 rings (SSSR count). The zero-order valence-electron chi connectivity index (χ0n) is 7.22. The number of allylic oxidation sites excluding steroid dienone is 1. The predicted molar refractivity (Wildman–Crippen MR) is 45.1 cm³/mol. The van der Waals surface area contributed by atoms with E-state index in [1.807, 2.05) is 0 Å². The number of ether oxygens (including phenoxy) is 1. The molecule has 2 heteroatoms. The second-order valence-electron chi connectivity index (χ2n) is 2.46. The maximum absolute atomic E-state index is 9.24. The second kappa shape index (κ2) is 4.17. The van der Waals surface area contributed by atoms with Gasteiger partial charge in [-0.15, -0.1) is 0 Å². The third-order valence-electron chi connectivity index (χ3n) is 1.64. The Hall–Kier alpha value is -0.780. The monoisotopic (exact) mass is 154 g/mol. The molecule has 62 valence electrons. The van der Waals surface area contributed by atoms with Gasteiger partial charge in [0.2, 0.25) is 0 Å². The number of methoxy groups -OCH3 is 1. The summed E-state index contributed by atoms with van der Waals surface area (Å²) >= 11 is 0. The van der Waals surface area contributed by atoms with Gasteiger partial charge < -0.3 is 9.84 Å². The fourth-order valence-corrected chi connectivity index (χ4v) is 0.520. The number of rotatable bonds is 2. The van der Waals surface area contributed by atoms with Crippen molar-refractivity contribution in [2.24, 2.45) is 0 Å². The van der Waals surface area contributed by atoms with Crippen LogP contribution < -0.4 is 0 Å². The van der Waals surface area contributed by atoms with E-state index in [2.05, 4.69) is 18.4 Å². The lowest BCUT2D eigenvalue weighted by Crippen LogP contribution is -2.37. The van der Waals surface area contributed by atoms with Gasteiger partial charge >= 0.3 is 0 Å².